The van der Waals surface area contributed by atoms with Crippen LogP contribution in [0.15, 0.2) is 12.1 Å². The first-order chi connectivity index (χ1) is 12.0. The van der Waals surface area contributed by atoms with Gasteiger partial charge >= 0.3 is 0 Å². The number of aryl methyl sites for hydroxylation is 1. The van der Waals surface area contributed by atoms with Crippen molar-refractivity contribution in [3.05, 3.63) is 32.4 Å². The number of aliphatic hydroxyl groups excluding tert-OH is 1. The van der Waals surface area contributed by atoms with E-state index in [1.165, 1.54) is 60.5 Å². The molecule has 3 rings (SSSR count). The molecule has 2 aliphatic rings. The third-order valence-electron chi connectivity index (χ3n) is 6.51. The van der Waals surface area contributed by atoms with Gasteiger partial charge in [0.25, 0.3) is 0 Å². The van der Waals surface area contributed by atoms with Crippen molar-refractivity contribution in [3.63, 3.8) is 0 Å². The molecule has 0 bridgehead atoms. The second-order valence-corrected chi connectivity index (χ2v) is 9.72. The highest BCUT2D eigenvalue weighted by atomic mass is 127. The Kier molecular flexibility index (Phi) is 6.83. The van der Waals surface area contributed by atoms with Crippen molar-refractivity contribution < 1.29 is 5.11 Å². The van der Waals surface area contributed by atoms with Crippen LogP contribution in [-0.2, 0) is 12.8 Å². The molecule has 2 nitrogen and oxygen atoms in total. The molecule has 0 radical (unpaired) electrons. The lowest BCUT2D eigenvalue weighted by molar-refractivity contribution is 0.198. The molecule has 1 aromatic carbocycles. The van der Waals surface area contributed by atoms with Crippen LogP contribution in [-0.4, -0.2) is 17.3 Å². The summed E-state index contributed by atoms with van der Waals surface area (Å²) < 4.78 is 1.41. The van der Waals surface area contributed by atoms with Crippen LogP contribution in [0.3, 0.4) is 0 Å². The quantitative estimate of drug-likeness (QED) is 0.432. The molecular formula is C22H34INO. The summed E-state index contributed by atoms with van der Waals surface area (Å²) in [4.78, 5) is 0. The SMILES string of the molecule is CCCCCC[C@H]1CCc2cc([C@H]3CC[C@@](N)(CO)C3)c(I)cc2C1. The van der Waals surface area contributed by atoms with Crippen LogP contribution in [0.2, 0.25) is 0 Å². The number of aliphatic hydroxyl groups is 1. The fourth-order valence-corrected chi connectivity index (χ4v) is 5.83. The minimum absolute atomic E-state index is 0.116. The lowest BCUT2D eigenvalue weighted by Crippen LogP contribution is -2.40. The normalized spacial score (nSPS) is 29.0. The second kappa shape index (κ2) is 8.71. The summed E-state index contributed by atoms with van der Waals surface area (Å²) in [7, 11) is 0. The van der Waals surface area contributed by atoms with Gasteiger partial charge in [0, 0.05) is 9.11 Å². The third kappa shape index (κ3) is 4.78. The Balaban J connectivity index is 1.65. The Morgan fingerprint density at radius 1 is 1.20 bits per heavy atom. The van der Waals surface area contributed by atoms with E-state index in [4.69, 9.17) is 5.73 Å². The maximum atomic E-state index is 9.56. The van der Waals surface area contributed by atoms with Crippen LogP contribution >= 0.6 is 22.6 Å². The molecule has 0 saturated heterocycles. The standard InChI is InChI=1S/C22H34INO/c1-2-3-4-5-6-16-7-8-17-12-20(21(23)13-19(17)11-16)18-9-10-22(24,14-18)15-25/h12-13,16,18,25H,2-11,14-15,24H2,1H3/t16-,18-,22-/m0/s1. The van der Waals surface area contributed by atoms with Crippen molar-refractivity contribution >= 4 is 22.6 Å². The number of halogens is 1. The molecule has 3 N–H and O–H groups in total. The lowest BCUT2D eigenvalue weighted by Gasteiger charge is -2.27. The summed E-state index contributed by atoms with van der Waals surface area (Å²) in [6, 6.07) is 4.94. The molecule has 25 heavy (non-hydrogen) atoms. The van der Waals surface area contributed by atoms with E-state index < -0.39 is 0 Å². The summed E-state index contributed by atoms with van der Waals surface area (Å²) in [5, 5.41) is 9.56. The van der Waals surface area contributed by atoms with Gasteiger partial charge in [-0.25, -0.2) is 0 Å². The molecule has 1 saturated carbocycles. The van der Waals surface area contributed by atoms with Crippen LogP contribution in [0, 0.1) is 9.49 Å². The van der Waals surface area contributed by atoms with Gasteiger partial charge in [-0.1, -0.05) is 45.1 Å². The molecule has 0 amide bonds. The molecular weight excluding hydrogens is 421 g/mol. The number of hydrogen-bond acceptors (Lipinski definition) is 2. The van der Waals surface area contributed by atoms with E-state index in [0.29, 0.717) is 5.92 Å². The van der Waals surface area contributed by atoms with Crippen LogP contribution in [0.25, 0.3) is 0 Å². The van der Waals surface area contributed by atoms with Crippen molar-refractivity contribution in [1.29, 1.82) is 0 Å². The predicted molar refractivity (Wildman–Crippen MR) is 114 cm³/mol. The van der Waals surface area contributed by atoms with Gasteiger partial charge in [0.2, 0.25) is 0 Å². The van der Waals surface area contributed by atoms with E-state index in [1.807, 2.05) is 0 Å². The number of unbranched alkanes of at least 4 members (excludes halogenated alkanes) is 3. The van der Waals surface area contributed by atoms with Gasteiger partial charge < -0.3 is 10.8 Å². The Morgan fingerprint density at radius 3 is 2.76 bits per heavy atom. The predicted octanol–water partition coefficient (Wildman–Crippen LogP) is 5.32. The Labute approximate surface area is 167 Å². The first-order valence-corrected chi connectivity index (χ1v) is 11.3. The Morgan fingerprint density at radius 2 is 2.04 bits per heavy atom. The zero-order valence-electron chi connectivity index (χ0n) is 15.7. The third-order valence-corrected chi connectivity index (χ3v) is 7.45. The maximum Gasteiger partial charge on any atom is 0.0611 e. The van der Waals surface area contributed by atoms with Gasteiger partial charge in [0.15, 0.2) is 0 Å². The van der Waals surface area contributed by atoms with Gasteiger partial charge in [0.1, 0.15) is 0 Å². The fraction of sp³-hybridized carbons (Fsp3) is 0.727. The first kappa shape index (κ1) is 19.6. The lowest BCUT2D eigenvalue weighted by atomic mass is 9.79. The number of nitrogens with two attached hydrogens (primary N) is 1. The van der Waals surface area contributed by atoms with Crippen molar-refractivity contribution in [3.8, 4) is 0 Å². The molecule has 3 heteroatoms. The Bertz CT molecular complexity index is 588. The first-order valence-electron chi connectivity index (χ1n) is 10.3. The monoisotopic (exact) mass is 455 g/mol. The minimum Gasteiger partial charge on any atom is -0.394 e. The molecule has 3 atom stereocenters. The highest BCUT2D eigenvalue weighted by Crippen LogP contribution is 2.42. The fourth-order valence-electron chi connectivity index (χ4n) is 4.86. The largest absolute Gasteiger partial charge is 0.394 e. The number of fused-ring (bicyclic) bond motifs is 1. The summed E-state index contributed by atoms with van der Waals surface area (Å²) in [6.07, 6.45) is 13.8. The molecule has 2 aliphatic carbocycles. The van der Waals surface area contributed by atoms with Crippen molar-refractivity contribution in [2.45, 2.75) is 89.0 Å². The second-order valence-electron chi connectivity index (χ2n) is 8.56. The Hall–Kier alpha value is -0.130. The van der Waals surface area contributed by atoms with Crippen LogP contribution in [0.1, 0.15) is 87.3 Å². The molecule has 0 heterocycles. The van der Waals surface area contributed by atoms with Gasteiger partial charge in [-0.2, -0.15) is 0 Å². The molecule has 0 aliphatic heterocycles. The zero-order chi connectivity index (χ0) is 17.9. The van der Waals surface area contributed by atoms with Gasteiger partial charge in [0.05, 0.1) is 6.61 Å². The molecule has 0 spiro atoms. The van der Waals surface area contributed by atoms with E-state index in [1.54, 1.807) is 11.1 Å². The zero-order valence-corrected chi connectivity index (χ0v) is 17.9. The van der Waals surface area contributed by atoms with Crippen LogP contribution in [0.5, 0.6) is 0 Å². The average Bonchev–Trinajstić information content (AvgIpc) is 3.01. The summed E-state index contributed by atoms with van der Waals surface area (Å²) >= 11 is 2.52. The highest BCUT2D eigenvalue weighted by molar-refractivity contribution is 14.1. The van der Waals surface area contributed by atoms with Crippen LogP contribution < -0.4 is 5.73 Å². The average molecular weight is 455 g/mol. The highest BCUT2D eigenvalue weighted by Gasteiger charge is 2.36. The molecule has 1 aromatic rings. The van der Waals surface area contributed by atoms with Gasteiger partial charge in [-0.3, -0.25) is 0 Å². The smallest absolute Gasteiger partial charge is 0.0611 e. The molecule has 0 aromatic heterocycles. The van der Waals surface area contributed by atoms with E-state index in [-0.39, 0.29) is 12.1 Å². The molecule has 0 unspecified atom stereocenters. The van der Waals surface area contributed by atoms with E-state index in [0.717, 1.165) is 25.2 Å². The van der Waals surface area contributed by atoms with E-state index in [2.05, 4.69) is 41.6 Å². The van der Waals surface area contributed by atoms with E-state index in [9.17, 15) is 5.11 Å². The van der Waals surface area contributed by atoms with Crippen molar-refractivity contribution in [1.82, 2.24) is 0 Å². The van der Waals surface area contributed by atoms with Crippen molar-refractivity contribution in [2.75, 3.05) is 6.61 Å². The van der Waals surface area contributed by atoms with Crippen molar-refractivity contribution in [2.24, 2.45) is 11.7 Å². The van der Waals surface area contributed by atoms with Gasteiger partial charge in [-0.15, -0.1) is 0 Å². The number of benzene rings is 1. The maximum absolute atomic E-state index is 9.56. The van der Waals surface area contributed by atoms with Gasteiger partial charge in [-0.05, 0) is 95.7 Å². The summed E-state index contributed by atoms with van der Waals surface area (Å²) in [5.74, 6) is 1.42. The number of rotatable bonds is 7. The summed E-state index contributed by atoms with van der Waals surface area (Å²) in [6.45, 7) is 2.40. The molecule has 1 fully saturated rings. The van der Waals surface area contributed by atoms with Crippen LogP contribution in [0.4, 0.5) is 0 Å². The summed E-state index contributed by atoms with van der Waals surface area (Å²) in [5.41, 5.74) is 10.6. The molecule has 140 valence electrons. The number of hydrogen-bond donors (Lipinski definition) is 2. The topological polar surface area (TPSA) is 46.2 Å². The minimum atomic E-state index is -0.354. The van der Waals surface area contributed by atoms with E-state index >= 15 is 0 Å².